The third-order valence-electron chi connectivity index (χ3n) is 4.65. The summed E-state index contributed by atoms with van der Waals surface area (Å²) in [6, 6.07) is 25.2. The first-order valence-electron chi connectivity index (χ1n) is 10.6. The Hall–Kier alpha value is -2.91. The van der Waals surface area contributed by atoms with Gasteiger partial charge in [0.25, 0.3) is 0 Å². The second kappa shape index (κ2) is 13.0. The van der Waals surface area contributed by atoms with Crippen molar-refractivity contribution in [2.24, 2.45) is 11.5 Å². The highest BCUT2D eigenvalue weighted by Crippen LogP contribution is 2.32. The van der Waals surface area contributed by atoms with Crippen LogP contribution in [0.2, 0.25) is 0 Å². The van der Waals surface area contributed by atoms with Gasteiger partial charge in [-0.3, -0.25) is 5.41 Å². The van der Waals surface area contributed by atoms with Crippen LogP contribution in [-0.2, 0) is 6.42 Å². The van der Waals surface area contributed by atoms with E-state index in [0.717, 1.165) is 33.7 Å². The second-order valence-electron chi connectivity index (χ2n) is 7.26. The maximum Gasteiger partial charge on any atom is 0.120 e. The van der Waals surface area contributed by atoms with E-state index in [4.69, 9.17) is 20.9 Å². The van der Waals surface area contributed by atoms with E-state index in [1.807, 2.05) is 18.2 Å². The zero-order valence-corrected chi connectivity index (χ0v) is 20.2. The highest BCUT2D eigenvalue weighted by atomic mass is 32.2. The molecule has 0 aliphatic rings. The summed E-state index contributed by atoms with van der Waals surface area (Å²) in [4.78, 5) is 6.11. The van der Waals surface area contributed by atoms with E-state index in [-0.39, 0.29) is 6.04 Å². The number of nitrogens with zero attached hydrogens (tertiary/aromatic N) is 1. The number of nitrogens with two attached hydrogens (primary N) is 2. The molecule has 0 aliphatic carbocycles. The lowest BCUT2D eigenvalue weighted by Gasteiger charge is -2.16. The van der Waals surface area contributed by atoms with Gasteiger partial charge in [-0.15, -0.1) is 11.3 Å². The molecule has 1 aromatic heterocycles. The van der Waals surface area contributed by atoms with Crippen molar-refractivity contribution in [1.82, 2.24) is 9.71 Å². The molecule has 0 fully saturated rings. The third-order valence-corrected chi connectivity index (χ3v) is 6.69. The molecular formula is C25H29N5OS2. The Morgan fingerprint density at radius 3 is 2.64 bits per heavy atom. The molecule has 8 heteroatoms. The van der Waals surface area contributed by atoms with Gasteiger partial charge >= 0.3 is 0 Å². The van der Waals surface area contributed by atoms with Gasteiger partial charge in [-0.25, -0.2) is 9.71 Å². The van der Waals surface area contributed by atoms with Gasteiger partial charge in [-0.05, 0) is 61.2 Å². The molecule has 1 unspecified atom stereocenters. The third kappa shape index (κ3) is 7.57. The van der Waals surface area contributed by atoms with Crippen LogP contribution in [0, 0.1) is 12.3 Å². The fourth-order valence-electron chi connectivity index (χ4n) is 3.22. The van der Waals surface area contributed by atoms with Crippen molar-refractivity contribution in [3.63, 3.8) is 0 Å². The smallest absolute Gasteiger partial charge is 0.120 e. The van der Waals surface area contributed by atoms with E-state index < -0.39 is 0 Å². The fourth-order valence-corrected chi connectivity index (χ4v) is 5.11. The molecule has 0 spiro atoms. The minimum Gasteiger partial charge on any atom is -0.492 e. The number of aromatic nitrogens is 1. The highest BCUT2D eigenvalue weighted by molar-refractivity contribution is 7.97. The van der Waals surface area contributed by atoms with Crippen molar-refractivity contribution in [1.29, 1.82) is 5.41 Å². The summed E-state index contributed by atoms with van der Waals surface area (Å²) in [6.07, 6.45) is 1.62. The highest BCUT2D eigenvalue weighted by Gasteiger charge is 2.18. The Bertz CT molecular complexity index is 1150. The molecule has 172 valence electrons. The number of fused-ring (bicyclic) bond motifs is 1. The summed E-state index contributed by atoms with van der Waals surface area (Å²) < 4.78 is 10.5. The average Bonchev–Trinajstić information content (AvgIpc) is 3.25. The van der Waals surface area contributed by atoms with Crippen LogP contribution < -0.4 is 20.9 Å². The van der Waals surface area contributed by atoms with Crippen LogP contribution >= 0.6 is 23.3 Å². The SMILES string of the molecule is Cc1cccc(CC(NSc2ccccc2)c2nc3ccc(OCCN)cc3s2)c1.N=CN. The van der Waals surface area contributed by atoms with Crippen molar-refractivity contribution in [2.45, 2.75) is 24.3 Å². The summed E-state index contributed by atoms with van der Waals surface area (Å²) in [7, 11) is 0. The average molecular weight is 480 g/mol. The van der Waals surface area contributed by atoms with E-state index >= 15 is 0 Å². The number of ether oxygens (including phenoxy) is 1. The molecule has 0 radical (unpaired) electrons. The standard InChI is InChI=1S/C24H25N3OS2.CH4N2/c1-17-6-5-7-18(14-17)15-22(27-30-20-8-3-2-4-9-20)24-26-21-11-10-19(28-13-12-25)16-23(21)29-24;2-1-3/h2-11,14,16,22,27H,12-13,15,25H2,1H3;1H,(H3,2,3). The molecule has 1 atom stereocenters. The van der Waals surface area contributed by atoms with Crippen LogP contribution in [0.25, 0.3) is 10.2 Å². The maximum atomic E-state index is 5.86. The molecule has 0 saturated carbocycles. The number of thiazole rings is 1. The van der Waals surface area contributed by atoms with Crippen LogP contribution in [0.4, 0.5) is 0 Å². The Kier molecular flexibility index (Phi) is 9.71. The topological polar surface area (TPSA) is 110 Å². The first kappa shape index (κ1) is 24.7. The number of hydrogen-bond donors (Lipinski definition) is 4. The molecule has 0 aliphatic heterocycles. The van der Waals surface area contributed by atoms with Gasteiger partial charge in [0.2, 0.25) is 0 Å². The molecule has 3 aromatic carbocycles. The van der Waals surface area contributed by atoms with Crippen LogP contribution in [0.5, 0.6) is 5.75 Å². The molecule has 0 bridgehead atoms. The predicted octanol–water partition coefficient (Wildman–Crippen LogP) is 5.08. The van der Waals surface area contributed by atoms with Crippen LogP contribution in [-0.4, -0.2) is 24.5 Å². The molecule has 1 heterocycles. The zero-order chi connectivity index (χ0) is 23.5. The molecule has 4 aromatic rings. The quantitative estimate of drug-likeness (QED) is 0.151. The summed E-state index contributed by atoms with van der Waals surface area (Å²) >= 11 is 3.36. The lowest BCUT2D eigenvalue weighted by atomic mass is 10.0. The van der Waals surface area contributed by atoms with Crippen LogP contribution in [0.15, 0.2) is 77.7 Å². The van der Waals surface area contributed by atoms with E-state index in [0.29, 0.717) is 13.2 Å². The van der Waals surface area contributed by atoms with Gasteiger partial charge < -0.3 is 16.2 Å². The normalized spacial score (nSPS) is 11.5. The van der Waals surface area contributed by atoms with Gasteiger partial charge in [0, 0.05) is 11.4 Å². The number of rotatable bonds is 9. The van der Waals surface area contributed by atoms with Crippen molar-refractivity contribution >= 4 is 39.8 Å². The molecule has 33 heavy (non-hydrogen) atoms. The number of hydrogen-bond acceptors (Lipinski definition) is 7. The largest absolute Gasteiger partial charge is 0.492 e. The molecule has 6 N–H and O–H groups in total. The Balaban J connectivity index is 0.000000968. The van der Waals surface area contributed by atoms with E-state index in [1.165, 1.54) is 16.0 Å². The summed E-state index contributed by atoms with van der Waals surface area (Å²) in [6.45, 7) is 3.15. The Labute approximate surface area is 203 Å². The summed E-state index contributed by atoms with van der Waals surface area (Å²) in [5.41, 5.74) is 13.5. The minimum atomic E-state index is 0.0998. The van der Waals surface area contributed by atoms with Gasteiger partial charge in [0.05, 0.1) is 22.6 Å². The molecule has 4 rings (SSSR count). The maximum absolute atomic E-state index is 5.86. The minimum absolute atomic E-state index is 0.0998. The van der Waals surface area contributed by atoms with Crippen LogP contribution in [0.3, 0.4) is 0 Å². The Morgan fingerprint density at radius 2 is 1.91 bits per heavy atom. The Morgan fingerprint density at radius 1 is 1.12 bits per heavy atom. The molecule has 0 amide bonds. The second-order valence-corrected chi connectivity index (χ2v) is 9.24. The number of aryl methyl sites for hydroxylation is 1. The van der Waals surface area contributed by atoms with E-state index in [2.05, 4.69) is 72.0 Å². The first-order chi connectivity index (χ1) is 16.1. The van der Waals surface area contributed by atoms with Gasteiger partial charge in [0.15, 0.2) is 0 Å². The van der Waals surface area contributed by atoms with Crippen molar-refractivity contribution in [3.8, 4) is 5.75 Å². The van der Waals surface area contributed by atoms with Crippen molar-refractivity contribution < 1.29 is 4.74 Å². The summed E-state index contributed by atoms with van der Waals surface area (Å²) in [5, 5.41) is 6.94. The monoisotopic (exact) mass is 479 g/mol. The van der Waals surface area contributed by atoms with Crippen molar-refractivity contribution in [3.05, 3.63) is 88.9 Å². The predicted molar refractivity (Wildman–Crippen MR) is 140 cm³/mol. The lowest BCUT2D eigenvalue weighted by molar-refractivity contribution is 0.329. The van der Waals surface area contributed by atoms with E-state index in [9.17, 15) is 0 Å². The van der Waals surface area contributed by atoms with E-state index in [1.54, 1.807) is 23.3 Å². The van der Waals surface area contributed by atoms with Gasteiger partial charge in [0.1, 0.15) is 17.4 Å². The lowest BCUT2D eigenvalue weighted by Crippen LogP contribution is -2.16. The van der Waals surface area contributed by atoms with Gasteiger partial charge in [-0.2, -0.15) is 0 Å². The zero-order valence-electron chi connectivity index (χ0n) is 18.5. The summed E-state index contributed by atoms with van der Waals surface area (Å²) in [5.74, 6) is 0.838. The first-order valence-corrected chi connectivity index (χ1v) is 12.2. The molecule has 6 nitrogen and oxygen atoms in total. The molecule has 0 saturated heterocycles. The number of nitrogens with one attached hydrogen (secondary N) is 2. The molecular weight excluding hydrogens is 450 g/mol. The van der Waals surface area contributed by atoms with Crippen LogP contribution in [0.1, 0.15) is 22.2 Å². The van der Waals surface area contributed by atoms with Gasteiger partial charge in [-0.1, -0.05) is 48.0 Å². The number of benzene rings is 3. The van der Waals surface area contributed by atoms with Crippen molar-refractivity contribution in [2.75, 3.05) is 13.2 Å². The fraction of sp³-hybridized carbons (Fsp3) is 0.200.